The van der Waals surface area contributed by atoms with Crippen molar-refractivity contribution in [2.75, 3.05) is 5.75 Å². The van der Waals surface area contributed by atoms with Crippen molar-refractivity contribution in [2.45, 2.75) is 11.4 Å². The molecule has 1 amide bonds. The Morgan fingerprint density at radius 3 is 2.71 bits per heavy atom. The summed E-state index contributed by atoms with van der Waals surface area (Å²) < 4.78 is 0. The van der Waals surface area contributed by atoms with Gasteiger partial charge in [-0.2, -0.15) is 0 Å². The van der Waals surface area contributed by atoms with Crippen molar-refractivity contribution in [3.05, 3.63) is 30.1 Å². The van der Waals surface area contributed by atoms with E-state index >= 15 is 0 Å². The molecule has 2 heterocycles. The fourth-order valence-electron chi connectivity index (χ4n) is 1.68. The summed E-state index contributed by atoms with van der Waals surface area (Å²) in [5.74, 6) is -0.888. The van der Waals surface area contributed by atoms with E-state index in [1.165, 1.54) is 11.8 Å². The number of carbonyl (C=O) groups is 2. The smallest absolute Gasteiger partial charge is 0.409 e. The van der Waals surface area contributed by atoms with Crippen molar-refractivity contribution in [1.82, 2.24) is 9.88 Å². The minimum atomic E-state index is -1.24. The second kappa shape index (κ2) is 4.62. The first-order valence-electron chi connectivity index (χ1n) is 4.88. The molecule has 1 unspecified atom stereocenters. The van der Waals surface area contributed by atoms with E-state index in [2.05, 4.69) is 4.98 Å². The van der Waals surface area contributed by atoms with E-state index in [4.69, 9.17) is 10.2 Å². The summed E-state index contributed by atoms with van der Waals surface area (Å²) in [6, 6.07) is 4.15. The number of thioether (sulfide) groups is 1. The van der Waals surface area contributed by atoms with E-state index < -0.39 is 23.5 Å². The molecular formula is C10H10N2O4S. The van der Waals surface area contributed by atoms with Crippen LogP contribution in [-0.2, 0) is 4.79 Å². The van der Waals surface area contributed by atoms with Crippen LogP contribution >= 0.6 is 11.8 Å². The molecule has 0 radical (unpaired) electrons. The molecule has 2 rings (SSSR count). The monoisotopic (exact) mass is 254 g/mol. The number of nitrogens with zero attached hydrogens (tertiary/aromatic N) is 2. The Kier molecular flexibility index (Phi) is 3.19. The molecule has 2 N–H and O–H groups in total. The molecular weight excluding hydrogens is 244 g/mol. The van der Waals surface area contributed by atoms with E-state index in [9.17, 15) is 9.59 Å². The maximum Gasteiger partial charge on any atom is 0.409 e. The highest BCUT2D eigenvalue weighted by molar-refractivity contribution is 7.99. The SMILES string of the molecule is O=C(O)C1CS[C@H](c2ccccn2)N1C(=O)O. The molecule has 0 spiro atoms. The molecule has 1 fully saturated rings. The van der Waals surface area contributed by atoms with Crippen molar-refractivity contribution in [2.24, 2.45) is 0 Å². The third-order valence-corrected chi connectivity index (χ3v) is 3.74. The van der Waals surface area contributed by atoms with E-state index in [1.807, 2.05) is 0 Å². The van der Waals surface area contributed by atoms with Crippen LogP contribution in [0.2, 0.25) is 0 Å². The number of aliphatic carboxylic acids is 1. The number of hydrogen-bond acceptors (Lipinski definition) is 4. The fraction of sp³-hybridized carbons (Fsp3) is 0.300. The van der Waals surface area contributed by atoms with Gasteiger partial charge in [0.2, 0.25) is 0 Å². The van der Waals surface area contributed by atoms with Gasteiger partial charge in [-0.3, -0.25) is 9.88 Å². The highest BCUT2D eigenvalue weighted by Gasteiger charge is 2.43. The number of pyridine rings is 1. The van der Waals surface area contributed by atoms with Gasteiger partial charge in [0, 0.05) is 11.9 Å². The van der Waals surface area contributed by atoms with Crippen molar-refractivity contribution in [1.29, 1.82) is 0 Å². The van der Waals surface area contributed by atoms with Crippen molar-refractivity contribution < 1.29 is 19.8 Å². The van der Waals surface area contributed by atoms with Gasteiger partial charge in [0.05, 0.1) is 5.69 Å². The third kappa shape index (κ3) is 2.19. The van der Waals surface area contributed by atoms with Crippen LogP contribution in [0.1, 0.15) is 11.1 Å². The Morgan fingerprint density at radius 2 is 2.18 bits per heavy atom. The zero-order valence-corrected chi connectivity index (χ0v) is 9.50. The number of amides is 1. The lowest BCUT2D eigenvalue weighted by Crippen LogP contribution is -2.42. The van der Waals surface area contributed by atoms with E-state index in [-0.39, 0.29) is 5.75 Å². The lowest BCUT2D eigenvalue weighted by atomic mass is 10.2. The van der Waals surface area contributed by atoms with Gasteiger partial charge >= 0.3 is 12.1 Å². The molecule has 1 aromatic heterocycles. The van der Waals surface area contributed by atoms with Gasteiger partial charge in [-0.25, -0.2) is 9.59 Å². The topological polar surface area (TPSA) is 90.7 Å². The van der Waals surface area contributed by atoms with Crippen LogP contribution in [0.25, 0.3) is 0 Å². The zero-order valence-electron chi connectivity index (χ0n) is 8.68. The third-order valence-electron chi connectivity index (χ3n) is 2.45. The molecule has 0 aromatic carbocycles. The number of hydrogen-bond donors (Lipinski definition) is 2. The van der Waals surface area contributed by atoms with Crippen LogP contribution in [0, 0.1) is 0 Å². The van der Waals surface area contributed by atoms with Crippen LogP contribution in [-0.4, -0.2) is 44.0 Å². The predicted octanol–water partition coefficient (Wildman–Crippen LogP) is 1.26. The molecule has 17 heavy (non-hydrogen) atoms. The standard InChI is InChI=1S/C10H10N2O4S/c13-9(14)7-5-17-8(12(7)10(15)16)6-3-1-2-4-11-6/h1-4,7-8H,5H2,(H,13,14)(H,15,16)/t7?,8-/m1/s1. The maximum absolute atomic E-state index is 11.1. The average Bonchev–Trinajstić information content (AvgIpc) is 2.74. The Balaban J connectivity index is 2.30. The normalized spacial score (nSPS) is 23.6. The van der Waals surface area contributed by atoms with Gasteiger partial charge in [0.15, 0.2) is 0 Å². The first-order chi connectivity index (χ1) is 8.11. The molecule has 0 aliphatic carbocycles. The summed E-state index contributed by atoms with van der Waals surface area (Å²) in [7, 11) is 0. The molecule has 7 heteroatoms. The fourth-order valence-corrected chi connectivity index (χ4v) is 3.06. The second-order valence-corrected chi connectivity index (χ2v) is 4.60. The summed E-state index contributed by atoms with van der Waals surface area (Å²) in [4.78, 5) is 27.1. The van der Waals surface area contributed by atoms with Crippen LogP contribution < -0.4 is 0 Å². The lowest BCUT2D eigenvalue weighted by molar-refractivity contribution is -0.141. The first-order valence-corrected chi connectivity index (χ1v) is 5.92. The number of carboxylic acid groups (broad SMARTS) is 2. The predicted molar refractivity (Wildman–Crippen MR) is 60.7 cm³/mol. The number of aromatic nitrogens is 1. The van der Waals surface area contributed by atoms with Gasteiger partial charge in [-0.15, -0.1) is 11.8 Å². The Hall–Kier alpha value is -1.76. The quantitative estimate of drug-likeness (QED) is 0.825. The molecule has 0 bridgehead atoms. The Labute approximate surface area is 101 Å². The van der Waals surface area contributed by atoms with Gasteiger partial charge in [-0.05, 0) is 12.1 Å². The lowest BCUT2D eigenvalue weighted by Gasteiger charge is -2.23. The summed E-state index contributed by atoms with van der Waals surface area (Å²) in [6.07, 6.45) is 0.322. The molecule has 2 atom stereocenters. The minimum absolute atomic E-state index is 0.239. The molecule has 0 saturated carbocycles. The van der Waals surface area contributed by atoms with Gasteiger partial charge in [0.25, 0.3) is 0 Å². The van der Waals surface area contributed by atoms with E-state index in [1.54, 1.807) is 24.4 Å². The average molecular weight is 254 g/mol. The zero-order chi connectivity index (χ0) is 12.4. The summed E-state index contributed by atoms with van der Waals surface area (Å²) >= 11 is 1.27. The summed E-state index contributed by atoms with van der Waals surface area (Å²) in [5.41, 5.74) is 0.559. The second-order valence-electron chi connectivity index (χ2n) is 3.48. The first kappa shape index (κ1) is 11.7. The molecule has 1 aromatic rings. The minimum Gasteiger partial charge on any atom is -0.480 e. The summed E-state index contributed by atoms with van der Waals surface area (Å²) in [6.45, 7) is 0. The van der Waals surface area contributed by atoms with E-state index in [0.29, 0.717) is 5.69 Å². The van der Waals surface area contributed by atoms with Gasteiger partial charge in [0.1, 0.15) is 11.4 Å². The van der Waals surface area contributed by atoms with Crippen LogP contribution in [0.15, 0.2) is 24.4 Å². The Morgan fingerprint density at radius 1 is 1.41 bits per heavy atom. The largest absolute Gasteiger partial charge is 0.480 e. The van der Waals surface area contributed by atoms with E-state index in [0.717, 1.165) is 4.90 Å². The van der Waals surface area contributed by atoms with Crippen LogP contribution in [0.5, 0.6) is 0 Å². The molecule has 6 nitrogen and oxygen atoms in total. The molecule has 90 valence electrons. The molecule has 1 aliphatic rings. The highest BCUT2D eigenvalue weighted by Crippen LogP contribution is 2.40. The number of rotatable bonds is 2. The Bertz CT molecular complexity index is 439. The summed E-state index contributed by atoms with van der Waals surface area (Å²) in [5, 5.41) is 17.5. The molecule has 1 aliphatic heterocycles. The van der Waals surface area contributed by atoms with Crippen molar-refractivity contribution >= 4 is 23.8 Å². The molecule has 1 saturated heterocycles. The van der Waals surface area contributed by atoms with Crippen LogP contribution in [0.4, 0.5) is 4.79 Å². The number of carboxylic acids is 1. The highest BCUT2D eigenvalue weighted by atomic mass is 32.2. The van der Waals surface area contributed by atoms with Crippen molar-refractivity contribution in [3.8, 4) is 0 Å². The van der Waals surface area contributed by atoms with Crippen molar-refractivity contribution in [3.63, 3.8) is 0 Å². The van der Waals surface area contributed by atoms with Gasteiger partial charge < -0.3 is 10.2 Å². The maximum atomic E-state index is 11.1. The van der Waals surface area contributed by atoms with Gasteiger partial charge in [-0.1, -0.05) is 6.07 Å². The van der Waals surface area contributed by atoms with Crippen LogP contribution in [0.3, 0.4) is 0 Å².